The fourth-order valence-corrected chi connectivity index (χ4v) is 1.73. The third-order valence-corrected chi connectivity index (χ3v) is 2.62. The number of nitrogens with zero attached hydrogens (tertiary/aromatic N) is 2. The molecule has 0 fully saturated rings. The number of amides is 1. The van der Waals surface area contributed by atoms with E-state index in [4.69, 9.17) is 5.11 Å². The Morgan fingerprint density at radius 1 is 1.35 bits per heavy atom. The molecule has 0 aliphatic rings. The normalized spacial score (nSPS) is 10.4. The van der Waals surface area contributed by atoms with Gasteiger partial charge in [0, 0.05) is 13.1 Å². The van der Waals surface area contributed by atoms with Gasteiger partial charge in [0.25, 0.3) is 11.6 Å². The molecule has 20 heavy (non-hydrogen) atoms. The summed E-state index contributed by atoms with van der Waals surface area (Å²) in [5.74, 6) is -3.54. The standard InChI is InChI=1S/C12H14F2N2O4/c1-2-3-15(4-5-17)12(18)8-6-9(13)10(14)7-11(8)16(19)20/h6-7,17H,2-5H2,1H3. The second kappa shape index (κ2) is 6.90. The predicted octanol–water partition coefficient (Wildman–Crippen LogP) is 1.72. The van der Waals surface area contributed by atoms with Gasteiger partial charge in [0.05, 0.1) is 17.6 Å². The Bertz CT molecular complexity index is 516. The first-order valence-electron chi connectivity index (χ1n) is 5.95. The van der Waals surface area contributed by atoms with Gasteiger partial charge in [-0.1, -0.05) is 6.92 Å². The Balaban J connectivity index is 3.25. The molecule has 0 atom stereocenters. The highest BCUT2D eigenvalue weighted by atomic mass is 19.2. The van der Waals surface area contributed by atoms with Crippen LogP contribution in [0.3, 0.4) is 0 Å². The molecule has 0 radical (unpaired) electrons. The summed E-state index contributed by atoms with van der Waals surface area (Å²) in [5.41, 5.74) is -1.33. The van der Waals surface area contributed by atoms with Gasteiger partial charge in [0.2, 0.25) is 0 Å². The fourth-order valence-electron chi connectivity index (χ4n) is 1.73. The quantitative estimate of drug-likeness (QED) is 0.638. The molecule has 1 amide bonds. The SMILES string of the molecule is CCCN(CCO)C(=O)c1cc(F)c(F)cc1[N+](=O)[O-]. The van der Waals surface area contributed by atoms with E-state index in [0.29, 0.717) is 18.6 Å². The van der Waals surface area contributed by atoms with Crippen LogP contribution in [0.25, 0.3) is 0 Å². The molecule has 0 bridgehead atoms. The zero-order valence-electron chi connectivity index (χ0n) is 10.8. The van der Waals surface area contributed by atoms with Gasteiger partial charge in [0.1, 0.15) is 5.56 Å². The third kappa shape index (κ3) is 3.47. The highest BCUT2D eigenvalue weighted by molar-refractivity contribution is 5.98. The monoisotopic (exact) mass is 288 g/mol. The van der Waals surface area contributed by atoms with Gasteiger partial charge < -0.3 is 10.0 Å². The lowest BCUT2D eigenvalue weighted by Gasteiger charge is -2.21. The zero-order chi connectivity index (χ0) is 15.3. The molecule has 0 saturated heterocycles. The molecular weight excluding hydrogens is 274 g/mol. The molecule has 0 aliphatic carbocycles. The van der Waals surface area contributed by atoms with Crippen LogP contribution >= 0.6 is 0 Å². The number of carbonyl (C=O) groups excluding carboxylic acids is 1. The van der Waals surface area contributed by atoms with E-state index in [9.17, 15) is 23.7 Å². The molecule has 0 heterocycles. The van der Waals surface area contributed by atoms with Crippen molar-refractivity contribution in [1.29, 1.82) is 0 Å². The highest BCUT2D eigenvalue weighted by Crippen LogP contribution is 2.23. The average Bonchev–Trinajstić information content (AvgIpc) is 2.40. The smallest absolute Gasteiger partial charge is 0.285 e. The maximum absolute atomic E-state index is 13.2. The Hall–Kier alpha value is -2.09. The maximum atomic E-state index is 13.2. The lowest BCUT2D eigenvalue weighted by molar-refractivity contribution is -0.385. The summed E-state index contributed by atoms with van der Waals surface area (Å²) in [6.07, 6.45) is 0.559. The third-order valence-electron chi connectivity index (χ3n) is 2.62. The van der Waals surface area contributed by atoms with Crippen LogP contribution in [0.5, 0.6) is 0 Å². The first-order valence-corrected chi connectivity index (χ1v) is 5.95. The van der Waals surface area contributed by atoms with Gasteiger partial charge in [0.15, 0.2) is 11.6 Å². The van der Waals surface area contributed by atoms with E-state index >= 15 is 0 Å². The van der Waals surface area contributed by atoms with Crippen molar-refractivity contribution >= 4 is 11.6 Å². The lowest BCUT2D eigenvalue weighted by atomic mass is 10.1. The van der Waals surface area contributed by atoms with Crippen molar-refractivity contribution in [3.8, 4) is 0 Å². The van der Waals surface area contributed by atoms with Gasteiger partial charge in [-0.3, -0.25) is 14.9 Å². The number of halogens is 2. The van der Waals surface area contributed by atoms with Crippen molar-refractivity contribution in [2.75, 3.05) is 19.7 Å². The van der Waals surface area contributed by atoms with Crippen molar-refractivity contribution in [3.05, 3.63) is 39.4 Å². The Morgan fingerprint density at radius 2 is 1.95 bits per heavy atom. The number of nitro benzene ring substituents is 1. The van der Waals surface area contributed by atoms with Gasteiger partial charge in [-0.25, -0.2) is 8.78 Å². The van der Waals surface area contributed by atoms with E-state index in [1.54, 1.807) is 6.92 Å². The second-order valence-electron chi connectivity index (χ2n) is 4.06. The largest absolute Gasteiger partial charge is 0.395 e. The maximum Gasteiger partial charge on any atom is 0.285 e. The molecule has 110 valence electrons. The molecule has 8 heteroatoms. The van der Waals surface area contributed by atoms with Crippen LogP contribution in [0.2, 0.25) is 0 Å². The summed E-state index contributed by atoms with van der Waals surface area (Å²) in [6.45, 7) is 1.65. The summed E-state index contributed by atoms with van der Waals surface area (Å²) in [4.78, 5) is 23.2. The van der Waals surface area contributed by atoms with Gasteiger partial charge in [-0.05, 0) is 12.5 Å². The summed E-state index contributed by atoms with van der Waals surface area (Å²) in [7, 11) is 0. The zero-order valence-corrected chi connectivity index (χ0v) is 10.8. The van der Waals surface area contributed by atoms with Gasteiger partial charge in [-0.2, -0.15) is 0 Å². The minimum absolute atomic E-state index is 0.0389. The minimum atomic E-state index is -1.39. The van der Waals surface area contributed by atoms with Crippen molar-refractivity contribution < 1.29 is 23.6 Å². The number of nitro groups is 1. The number of hydrogen-bond donors (Lipinski definition) is 1. The minimum Gasteiger partial charge on any atom is -0.395 e. The van der Waals surface area contributed by atoms with Crippen LogP contribution in [-0.2, 0) is 0 Å². The van der Waals surface area contributed by atoms with Crippen LogP contribution in [0, 0.1) is 21.7 Å². The van der Waals surface area contributed by atoms with Crippen molar-refractivity contribution in [2.24, 2.45) is 0 Å². The molecular formula is C12H14F2N2O4. The number of hydrogen-bond acceptors (Lipinski definition) is 4. The molecule has 0 aromatic heterocycles. The van der Waals surface area contributed by atoms with E-state index < -0.39 is 33.7 Å². The van der Waals surface area contributed by atoms with Crippen molar-refractivity contribution in [3.63, 3.8) is 0 Å². The van der Waals surface area contributed by atoms with Crippen LogP contribution in [0.15, 0.2) is 12.1 Å². The van der Waals surface area contributed by atoms with E-state index in [-0.39, 0.29) is 19.7 Å². The van der Waals surface area contributed by atoms with Crippen LogP contribution in [0.1, 0.15) is 23.7 Å². The Kier molecular flexibility index (Phi) is 5.51. The van der Waals surface area contributed by atoms with Crippen LogP contribution in [-0.4, -0.2) is 40.5 Å². The predicted molar refractivity (Wildman–Crippen MR) is 66.3 cm³/mol. The lowest BCUT2D eigenvalue weighted by Crippen LogP contribution is -2.34. The molecule has 1 rings (SSSR count). The highest BCUT2D eigenvalue weighted by Gasteiger charge is 2.27. The number of rotatable bonds is 6. The first-order chi connectivity index (χ1) is 9.42. The molecule has 0 spiro atoms. The second-order valence-corrected chi connectivity index (χ2v) is 4.06. The van der Waals surface area contributed by atoms with E-state index in [1.165, 1.54) is 0 Å². The Morgan fingerprint density at radius 3 is 2.45 bits per heavy atom. The molecule has 0 unspecified atom stereocenters. The fraction of sp³-hybridized carbons (Fsp3) is 0.417. The van der Waals surface area contributed by atoms with E-state index in [0.717, 1.165) is 4.90 Å². The molecule has 1 aromatic carbocycles. The topological polar surface area (TPSA) is 83.7 Å². The molecule has 1 N–H and O–H groups in total. The molecule has 0 saturated carbocycles. The summed E-state index contributed by atoms with van der Waals surface area (Å²) < 4.78 is 26.2. The number of benzene rings is 1. The summed E-state index contributed by atoms with van der Waals surface area (Å²) >= 11 is 0. The number of carbonyl (C=O) groups is 1. The molecule has 1 aromatic rings. The van der Waals surface area contributed by atoms with Crippen molar-refractivity contribution in [1.82, 2.24) is 4.90 Å². The van der Waals surface area contributed by atoms with Crippen molar-refractivity contribution in [2.45, 2.75) is 13.3 Å². The van der Waals surface area contributed by atoms with Gasteiger partial charge in [-0.15, -0.1) is 0 Å². The number of aliphatic hydroxyl groups is 1. The Labute approximate surface area is 113 Å². The van der Waals surface area contributed by atoms with E-state index in [1.807, 2.05) is 0 Å². The van der Waals surface area contributed by atoms with Gasteiger partial charge >= 0.3 is 0 Å². The average molecular weight is 288 g/mol. The number of aliphatic hydroxyl groups excluding tert-OH is 1. The molecule has 6 nitrogen and oxygen atoms in total. The molecule has 0 aliphatic heterocycles. The van der Waals surface area contributed by atoms with Crippen LogP contribution < -0.4 is 0 Å². The van der Waals surface area contributed by atoms with Crippen LogP contribution in [0.4, 0.5) is 14.5 Å². The first kappa shape index (κ1) is 16.0. The summed E-state index contributed by atoms with van der Waals surface area (Å²) in [6, 6.07) is 0.890. The van der Waals surface area contributed by atoms with E-state index in [2.05, 4.69) is 0 Å². The summed E-state index contributed by atoms with van der Waals surface area (Å²) in [5, 5.41) is 19.7.